The van der Waals surface area contributed by atoms with Gasteiger partial charge in [-0.15, -0.1) is 0 Å². The maximum Gasteiger partial charge on any atom is 0.240 e. The monoisotopic (exact) mass is 193 g/mol. The van der Waals surface area contributed by atoms with Gasteiger partial charge in [0.15, 0.2) is 11.1 Å². The molecule has 0 rings (SSSR count). The van der Waals surface area contributed by atoms with Crippen LogP contribution in [0.25, 0.3) is 0 Å². The van der Waals surface area contributed by atoms with Crippen molar-refractivity contribution in [2.45, 2.75) is 25.5 Å². The number of hydrogen-bond acceptors (Lipinski definition) is 2. The van der Waals surface area contributed by atoms with Gasteiger partial charge in [0.1, 0.15) is 0 Å². The first-order valence-corrected chi connectivity index (χ1v) is 4.35. The largest absolute Gasteiger partial charge is 0.366 e. The Bertz CT molecular complexity index is 184. The van der Waals surface area contributed by atoms with Crippen molar-refractivity contribution in [1.29, 1.82) is 0 Å². The first kappa shape index (κ1) is 13.9. The van der Waals surface area contributed by atoms with E-state index in [0.717, 1.165) is 6.08 Å². The maximum atomic E-state index is 10.1. The van der Waals surface area contributed by atoms with Gasteiger partial charge in [-0.3, -0.25) is 4.79 Å². The van der Waals surface area contributed by atoms with Crippen molar-refractivity contribution in [3.05, 3.63) is 12.7 Å². The third-order valence-electron chi connectivity index (χ3n) is 0.725. The van der Waals surface area contributed by atoms with Crippen molar-refractivity contribution in [3.63, 3.8) is 0 Å². The van der Waals surface area contributed by atoms with E-state index in [4.69, 9.17) is 4.55 Å². The summed E-state index contributed by atoms with van der Waals surface area (Å²) in [6.07, 6.45) is 1.06. The fourth-order valence-corrected chi connectivity index (χ4v) is 0. The first-order chi connectivity index (χ1) is 5.21. The highest BCUT2D eigenvalue weighted by Gasteiger charge is 2.16. The maximum absolute atomic E-state index is 10.1. The van der Waals surface area contributed by atoms with Crippen LogP contribution < -0.4 is 5.73 Å². The van der Waals surface area contributed by atoms with Crippen LogP contribution in [0.3, 0.4) is 0 Å². The molecule has 0 aliphatic rings. The van der Waals surface area contributed by atoms with E-state index in [1.54, 1.807) is 20.8 Å². The summed E-state index contributed by atoms with van der Waals surface area (Å²) in [4.78, 5) is 9.47. The molecular formula is C7H15NO3S. The van der Waals surface area contributed by atoms with E-state index < -0.39 is 21.7 Å². The number of carbonyl (C=O) groups excluding carboxylic acids is 1. The molecule has 0 aliphatic heterocycles. The smallest absolute Gasteiger partial charge is 0.240 e. The van der Waals surface area contributed by atoms with Gasteiger partial charge in [0.2, 0.25) is 5.91 Å². The van der Waals surface area contributed by atoms with Crippen molar-refractivity contribution in [1.82, 2.24) is 0 Å². The third kappa shape index (κ3) is 12.0. The molecule has 0 bridgehead atoms. The molecule has 0 aromatic carbocycles. The predicted molar refractivity (Wildman–Crippen MR) is 49.9 cm³/mol. The zero-order valence-corrected chi connectivity index (χ0v) is 8.35. The highest BCUT2D eigenvalue weighted by molar-refractivity contribution is 7.80. The highest BCUT2D eigenvalue weighted by atomic mass is 32.2. The lowest BCUT2D eigenvalue weighted by Crippen LogP contribution is -2.20. The Balaban J connectivity index is 0. The van der Waals surface area contributed by atoms with Crippen LogP contribution in [0.1, 0.15) is 20.8 Å². The zero-order valence-electron chi connectivity index (χ0n) is 7.53. The molecule has 0 aromatic heterocycles. The average Bonchev–Trinajstić information content (AvgIpc) is 1.87. The van der Waals surface area contributed by atoms with E-state index >= 15 is 0 Å². The van der Waals surface area contributed by atoms with Gasteiger partial charge < -0.3 is 10.3 Å². The van der Waals surface area contributed by atoms with Crippen molar-refractivity contribution >= 4 is 17.0 Å². The van der Waals surface area contributed by atoms with Gasteiger partial charge in [0.25, 0.3) is 0 Å². The van der Waals surface area contributed by atoms with E-state index in [0.29, 0.717) is 0 Å². The molecule has 5 heteroatoms. The molecule has 0 saturated carbocycles. The van der Waals surface area contributed by atoms with Gasteiger partial charge >= 0.3 is 0 Å². The Labute approximate surface area is 75.1 Å². The van der Waals surface area contributed by atoms with E-state index in [9.17, 15) is 9.00 Å². The van der Waals surface area contributed by atoms with Gasteiger partial charge in [0.05, 0.1) is 4.75 Å². The average molecular weight is 193 g/mol. The van der Waals surface area contributed by atoms with Gasteiger partial charge in [0, 0.05) is 0 Å². The molecular weight excluding hydrogens is 178 g/mol. The van der Waals surface area contributed by atoms with E-state index in [2.05, 4.69) is 12.3 Å². The Hall–Kier alpha value is -0.680. The summed E-state index contributed by atoms with van der Waals surface area (Å²) in [5.74, 6) is -0.481. The van der Waals surface area contributed by atoms with E-state index in [-0.39, 0.29) is 0 Å². The van der Waals surface area contributed by atoms with Crippen LogP contribution in [0.4, 0.5) is 0 Å². The second-order valence-corrected chi connectivity index (χ2v) is 4.69. The minimum atomic E-state index is -1.68. The molecule has 4 nitrogen and oxygen atoms in total. The first-order valence-electron chi connectivity index (χ1n) is 3.24. The van der Waals surface area contributed by atoms with Crippen LogP contribution in [0, 0.1) is 0 Å². The Morgan fingerprint density at radius 1 is 1.58 bits per heavy atom. The molecule has 0 aliphatic carbocycles. The van der Waals surface area contributed by atoms with Gasteiger partial charge in [-0.1, -0.05) is 6.58 Å². The highest BCUT2D eigenvalue weighted by Crippen LogP contribution is 2.06. The normalized spacial score (nSPS) is 12.3. The van der Waals surface area contributed by atoms with Crippen molar-refractivity contribution < 1.29 is 13.6 Å². The molecule has 0 fully saturated rings. The summed E-state index contributed by atoms with van der Waals surface area (Å²) in [7, 11) is 0. The standard InChI is InChI=1S/C4H10O2S.C3H5NO/c1-4(2,3)7(5)6;1-2-3(4)5/h1-3H3,(H,5,6);2H,1H2,(H2,4,5). The summed E-state index contributed by atoms with van der Waals surface area (Å²) in [6, 6.07) is 0. The fourth-order valence-electron chi connectivity index (χ4n) is 0. The molecule has 0 spiro atoms. The topological polar surface area (TPSA) is 80.4 Å². The molecule has 0 aromatic rings. The van der Waals surface area contributed by atoms with Gasteiger partial charge in [-0.05, 0) is 26.8 Å². The lowest BCUT2D eigenvalue weighted by atomic mass is 10.3. The molecule has 0 radical (unpaired) electrons. The SMILES string of the molecule is C=CC(N)=O.CC(C)(C)S(=O)O. The number of amides is 1. The van der Waals surface area contributed by atoms with Crippen LogP contribution in [0.5, 0.6) is 0 Å². The molecule has 1 amide bonds. The predicted octanol–water partition coefficient (Wildman–Crippen LogP) is 0.664. The second kappa shape index (κ2) is 5.91. The molecule has 0 heterocycles. The van der Waals surface area contributed by atoms with Crippen LogP contribution in [0.2, 0.25) is 0 Å². The minimum absolute atomic E-state index is 0.472. The second-order valence-electron chi connectivity index (χ2n) is 2.97. The molecule has 12 heavy (non-hydrogen) atoms. The van der Waals surface area contributed by atoms with Crippen LogP contribution >= 0.6 is 0 Å². The summed E-state index contributed by atoms with van der Waals surface area (Å²) in [6.45, 7) is 8.22. The molecule has 3 N–H and O–H groups in total. The van der Waals surface area contributed by atoms with Crippen LogP contribution in [-0.2, 0) is 15.9 Å². The lowest BCUT2D eigenvalue weighted by Gasteiger charge is -2.10. The molecule has 1 unspecified atom stereocenters. The lowest BCUT2D eigenvalue weighted by molar-refractivity contribution is -0.113. The van der Waals surface area contributed by atoms with Crippen LogP contribution in [-0.4, -0.2) is 19.4 Å². The van der Waals surface area contributed by atoms with Crippen molar-refractivity contribution in [2.75, 3.05) is 0 Å². The zero-order chi connectivity index (χ0) is 10.4. The minimum Gasteiger partial charge on any atom is -0.366 e. The molecule has 0 saturated heterocycles. The van der Waals surface area contributed by atoms with E-state index in [1.165, 1.54) is 0 Å². The van der Waals surface area contributed by atoms with Gasteiger partial charge in [-0.2, -0.15) is 0 Å². The molecule has 72 valence electrons. The Kier molecular flexibility index (Phi) is 6.83. The summed E-state index contributed by atoms with van der Waals surface area (Å²) < 4.78 is 18.0. The summed E-state index contributed by atoms with van der Waals surface area (Å²) >= 11 is -1.68. The van der Waals surface area contributed by atoms with Crippen LogP contribution in [0.15, 0.2) is 12.7 Å². The Morgan fingerprint density at radius 2 is 1.75 bits per heavy atom. The number of rotatable bonds is 1. The summed E-state index contributed by atoms with van der Waals surface area (Å²) in [5.41, 5.74) is 4.53. The Morgan fingerprint density at radius 3 is 1.75 bits per heavy atom. The number of carbonyl (C=O) groups is 1. The quantitative estimate of drug-likeness (QED) is 0.474. The van der Waals surface area contributed by atoms with Crippen molar-refractivity contribution in [2.24, 2.45) is 5.73 Å². The van der Waals surface area contributed by atoms with Crippen molar-refractivity contribution in [3.8, 4) is 0 Å². The fraction of sp³-hybridized carbons (Fsp3) is 0.571. The number of hydrogen-bond donors (Lipinski definition) is 2. The molecule has 1 atom stereocenters. The number of primary amides is 1. The number of nitrogens with two attached hydrogens (primary N) is 1. The summed E-state index contributed by atoms with van der Waals surface area (Å²) in [5, 5.41) is 0. The third-order valence-corrected chi connectivity index (χ3v) is 1.77. The van der Waals surface area contributed by atoms with E-state index in [1.807, 2.05) is 0 Å². The van der Waals surface area contributed by atoms with Gasteiger partial charge in [-0.25, -0.2) is 4.21 Å².